The summed E-state index contributed by atoms with van der Waals surface area (Å²) < 4.78 is 5.52. The average molecular weight is 443 g/mol. The summed E-state index contributed by atoms with van der Waals surface area (Å²) in [6, 6.07) is 29.6. The fourth-order valence-electron chi connectivity index (χ4n) is 4.56. The van der Waals surface area contributed by atoms with E-state index in [2.05, 4.69) is 0 Å². The molecule has 1 aliphatic heterocycles. The van der Waals surface area contributed by atoms with Crippen LogP contribution in [0, 0.1) is 0 Å². The van der Waals surface area contributed by atoms with Gasteiger partial charge in [-0.3, -0.25) is 4.79 Å². The van der Waals surface area contributed by atoms with E-state index in [1.165, 1.54) is 0 Å². The Morgan fingerprint density at radius 3 is 1.91 bits per heavy atom. The highest BCUT2D eigenvalue weighted by atomic mass is 16.6. The van der Waals surface area contributed by atoms with Crippen LogP contribution in [0.3, 0.4) is 0 Å². The van der Waals surface area contributed by atoms with E-state index >= 15 is 0 Å². The van der Waals surface area contributed by atoms with E-state index in [1.807, 2.05) is 103 Å². The van der Waals surface area contributed by atoms with Gasteiger partial charge in [0.25, 0.3) is 0 Å². The minimum Gasteiger partial charge on any atom is -0.445 e. The summed E-state index contributed by atoms with van der Waals surface area (Å²) in [6.07, 6.45) is 0.802. The highest BCUT2D eigenvalue weighted by Gasteiger charge is 2.45. The van der Waals surface area contributed by atoms with Gasteiger partial charge in [-0.15, -0.1) is 0 Å². The first-order valence-electron chi connectivity index (χ1n) is 11.4. The molecule has 3 aromatic carbocycles. The van der Waals surface area contributed by atoms with Gasteiger partial charge in [0.2, 0.25) is 5.91 Å². The van der Waals surface area contributed by atoms with E-state index in [9.17, 15) is 9.59 Å². The zero-order chi connectivity index (χ0) is 23.1. The maximum absolute atomic E-state index is 13.8. The van der Waals surface area contributed by atoms with Crippen LogP contribution < -0.4 is 0 Å². The summed E-state index contributed by atoms with van der Waals surface area (Å²) >= 11 is 0. The molecule has 33 heavy (non-hydrogen) atoms. The Morgan fingerprint density at radius 1 is 0.818 bits per heavy atom. The van der Waals surface area contributed by atoms with Gasteiger partial charge in [-0.2, -0.15) is 0 Å². The maximum Gasteiger partial charge on any atom is 0.410 e. The molecule has 170 valence electrons. The van der Waals surface area contributed by atoms with Crippen molar-refractivity contribution in [2.75, 3.05) is 20.1 Å². The van der Waals surface area contributed by atoms with Crippen LogP contribution in [0.1, 0.15) is 29.5 Å². The second-order valence-corrected chi connectivity index (χ2v) is 8.62. The Hall–Kier alpha value is -3.60. The van der Waals surface area contributed by atoms with E-state index in [-0.39, 0.29) is 18.6 Å². The zero-order valence-electron chi connectivity index (χ0n) is 19.0. The van der Waals surface area contributed by atoms with Crippen molar-refractivity contribution in [3.63, 3.8) is 0 Å². The predicted molar refractivity (Wildman–Crippen MR) is 128 cm³/mol. The number of likely N-dealkylation sites (tertiary alicyclic amines) is 1. The highest BCUT2D eigenvalue weighted by Crippen LogP contribution is 2.37. The monoisotopic (exact) mass is 442 g/mol. The Balaban J connectivity index is 1.46. The van der Waals surface area contributed by atoms with Gasteiger partial charge < -0.3 is 14.5 Å². The van der Waals surface area contributed by atoms with Gasteiger partial charge in [0.15, 0.2) is 0 Å². The van der Waals surface area contributed by atoms with Crippen LogP contribution in [0.25, 0.3) is 0 Å². The molecule has 0 aromatic heterocycles. The van der Waals surface area contributed by atoms with Crippen molar-refractivity contribution in [3.8, 4) is 0 Å². The Labute approximate surface area is 195 Å². The summed E-state index contributed by atoms with van der Waals surface area (Å²) in [5, 5.41) is 0. The quantitative estimate of drug-likeness (QED) is 0.539. The molecule has 0 saturated carbocycles. The first-order valence-corrected chi connectivity index (χ1v) is 11.4. The van der Waals surface area contributed by atoms with Gasteiger partial charge in [-0.1, -0.05) is 91.0 Å². The van der Waals surface area contributed by atoms with Crippen molar-refractivity contribution in [1.82, 2.24) is 9.80 Å². The second-order valence-electron chi connectivity index (χ2n) is 8.62. The number of rotatable bonds is 6. The summed E-state index contributed by atoms with van der Waals surface area (Å²) in [5.41, 5.74) is 2.41. The average Bonchev–Trinajstić information content (AvgIpc) is 2.88. The number of ether oxygens (including phenoxy) is 1. The molecule has 0 atom stereocenters. The lowest BCUT2D eigenvalue weighted by Gasteiger charge is -2.42. The molecule has 2 amide bonds. The van der Waals surface area contributed by atoms with Crippen molar-refractivity contribution in [3.05, 3.63) is 108 Å². The van der Waals surface area contributed by atoms with E-state index in [0.717, 1.165) is 16.7 Å². The Morgan fingerprint density at radius 2 is 1.33 bits per heavy atom. The van der Waals surface area contributed by atoms with E-state index < -0.39 is 5.41 Å². The second kappa shape index (κ2) is 10.3. The molecule has 0 N–H and O–H groups in total. The molecular weight excluding hydrogens is 412 g/mol. The normalized spacial score (nSPS) is 15.0. The fraction of sp³-hybridized carbons (Fsp3) is 0.286. The molecule has 3 aromatic rings. The third kappa shape index (κ3) is 5.25. The van der Waals surface area contributed by atoms with Crippen LogP contribution in [-0.2, 0) is 28.1 Å². The molecule has 5 nitrogen and oxygen atoms in total. The molecule has 0 bridgehead atoms. The predicted octanol–water partition coefficient (Wildman–Crippen LogP) is 5.02. The van der Waals surface area contributed by atoms with Crippen molar-refractivity contribution < 1.29 is 14.3 Å². The summed E-state index contributed by atoms with van der Waals surface area (Å²) in [5.74, 6) is 0.0925. The van der Waals surface area contributed by atoms with Crippen molar-refractivity contribution in [1.29, 1.82) is 0 Å². The van der Waals surface area contributed by atoms with Crippen LogP contribution in [0.4, 0.5) is 4.79 Å². The number of carbonyl (C=O) groups excluding carboxylic acids is 2. The Bertz CT molecular complexity index is 1050. The van der Waals surface area contributed by atoms with E-state index in [4.69, 9.17) is 4.74 Å². The zero-order valence-corrected chi connectivity index (χ0v) is 19.0. The molecule has 0 radical (unpaired) electrons. The van der Waals surface area contributed by atoms with Crippen LogP contribution >= 0.6 is 0 Å². The van der Waals surface area contributed by atoms with Gasteiger partial charge in [-0.25, -0.2) is 4.79 Å². The molecule has 0 unspecified atom stereocenters. The molecule has 1 aliphatic rings. The van der Waals surface area contributed by atoms with Crippen LogP contribution in [0.15, 0.2) is 91.0 Å². The number of hydrogen-bond donors (Lipinski definition) is 0. The lowest BCUT2D eigenvalue weighted by molar-refractivity contribution is -0.138. The molecule has 4 rings (SSSR count). The van der Waals surface area contributed by atoms with E-state index in [1.54, 1.807) is 4.90 Å². The number of amides is 2. The highest BCUT2D eigenvalue weighted by molar-refractivity contribution is 5.88. The van der Waals surface area contributed by atoms with Gasteiger partial charge in [0.05, 0.1) is 5.41 Å². The smallest absolute Gasteiger partial charge is 0.410 e. The van der Waals surface area contributed by atoms with Crippen molar-refractivity contribution in [2.24, 2.45) is 0 Å². The minimum absolute atomic E-state index is 0.0925. The number of benzene rings is 3. The van der Waals surface area contributed by atoms with Crippen LogP contribution in [0.2, 0.25) is 0 Å². The molecule has 0 aliphatic carbocycles. The molecule has 5 heteroatoms. The fourth-order valence-corrected chi connectivity index (χ4v) is 4.56. The van der Waals surface area contributed by atoms with E-state index in [0.29, 0.717) is 32.5 Å². The van der Waals surface area contributed by atoms with Crippen LogP contribution in [-0.4, -0.2) is 41.9 Å². The number of piperidine rings is 1. The minimum atomic E-state index is -0.652. The molecular formula is C28H30N2O3. The third-order valence-corrected chi connectivity index (χ3v) is 6.43. The molecule has 1 heterocycles. The first kappa shape index (κ1) is 22.6. The summed E-state index contributed by atoms with van der Waals surface area (Å²) in [4.78, 5) is 30.0. The number of nitrogens with zero attached hydrogens (tertiary/aromatic N) is 2. The maximum atomic E-state index is 13.8. The van der Waals surface area contributed by atoms with Gasteiger partial charge in [0.1, 0.15) is 6.61 Å². The first-order chi connectivity index (χ1) is 16.1. The lowest BCUT2D eigenvalue weighted by atomic mass is 9.71. The Kier molecular flexibility index (Phi) is 7.08. The molecule has 1 fully saturated rings. The van der Waals surface area contributed by atoms with Crippen molar-refractivity contribution >= 4 is 12.0 Å². The number of carbonyl (C=O) groups is 2. The topological polar surface area (TPSA) is 49.9 Å². The SMILES string of the molecule is CN(Cc1ccccc1)C(=O)C1(c2ccccc2)CCN(C(=O)OCc2ccccc2)CC1. The van der Waals surface area contributed by atoms with Gasteiger partial charge >= 0.3 is 6.09 Å². The van der Waals surface area contributed by atoms with Gasteiger partial charge in [-0.05, 0) is 29.5 Å². The van der Waals surface area contributed by atoms with Crippen molar-refractivity contribution in [2.45, 2.75) is 31.4 Å². The lowest BCUT2D eigenvalue weighted by Crippen LogP contribution is -2.53. The summed E-state index contributed by atoms with van der Waals surface area (Å²) in [6.45, 7) is 1.76. The van der Waals surface area contributed by atoms with Gasteiger partial charge in [0, 0.05) is 26.7 Å². The molecule has 1 saturated heterocycles. The number of hydrogen-bond acceptors (Lipinski definition) is 3. The third-order valence-electron chi connectivity index (χ3n) is 6.43. The molecule has 0 spiro atoms. The largest absolute Gasteiger partial charge is 0.445 e. The summed E-state index contributed by atoms with van der Waals surface area (Å²) in [7, 11) is 1.86. The van der Waals surface area contributed by atoms with Crippen LogP contribution in [0.5, 0.6) is 0 Å². The standard InChI is InChI=1S/C28H30N2O3/c1-29(21-23-11-5-2-6-12-23)26(31)28(25-15-9-4-10-16-25)17-19-30(20-18-28)27(32)33-22-24-13-7-3-8-14-24/h2-16H,17-22H2,1H3. The number of likely N-dealkylation sites (N-methyl/N-ethyl adjacent to an activating group) is 1.